The van der Waals surface area contributed by atoms with Gasteiger partial charge in [0.25, 0.3) is 0 Å². The Labute approximate surface area is 199 Å². The van der Waals surface area contributed by atoms with Crippen molar-refractivity contribution >= 4 is 33.4 Å². The summed E-state index contributed by atoms with van der Waals surface area (Å²) >= 11 is 1.98. The molecule has 1 N–H and O–H groups in total. The highest BCUT2D eigenvalue weighted by atomic mass is 32.2. The lowest BCUT2D eigenvalue weighted by Gasteiger charge is -2.31. The van der Waals surface area contributed by atoms with Gasteiger partial charge in [-0.3, -0.25) is 9.69 Å². The number of rotatable bonds is 6. The lowest BCUT2D eigenvalue weighted by Crippen LogP contribution is -2.43. The van der Waals surface area contributed by atoms with Crippen LogP contribution < -0.4 is 5.32 Å². The Morgan fingerprint density at radius 1 is 1.12 bits per heavy atom. The van der Waals surface area contributed by atoms with E-state index in [4.69, 9.17) is 0 Å². The van der Waals surface area contributed by atoms with Crippen molar-refractivity contribution in [3.05, 3.63) is 59.4 Å². The van der Waals surface area contributed by atoms with Gasteiger partial charge < -0.3 is 5.32 Å². The molecule has 0 bridgehead atoms. The fourth-order valence-corrected chi connectivity index (χ4v) is 6.86. The van der Waals surface area contributed by atoms with Crippen LogP contribution in [0.4, 0.5) is 10.1 Å². The molecule has 6 nitrogen and oxygen atoms in total. The molecule has 1 atom stereocenters. The first-order chi connectivity index (χ1) is 15.8. The number of nitrogens with one attached hydrogen (secondary N) is 1. The molecule has 2 aromatic carbocycles. The number of thioether (sulfide) groups is 1. The van der Waals surface area contributed by atoms with Crippen LogP contribution in [0.2, 0.25) is 0 Å². The van der Waals surface area contributed by atoms with E-state index in [1.807, 2.05) is 30.8 Å². The second-order valence-corrected chi connectivity index (χ2v) is 11.8. The monoisotopic (exact) mass is 491 g/mol. The first-order valence-electron chi connectivity index (χ1n) is 11.3. The Kier molecular flexibility index (Phi) is 7.73. The van der Waals surface area contributed by atoms with E-state index in [9.17, 15) is 17.6 Å². The smallest absolute Gasteiger partial charge is 0.243 e. The van der Waals surface area contributed by atoms with Gasteiger partial charge in [-0.2, -0.15) is 16.1 Å². The second kappa shape index (κ2) is 10.5. The molecule has 1 amide bonds. The minimum atomic E-state index is -3.77. The number of amides is 1. The van der Waals surface area contributed by atoms with Crippen LogP contribution in [0.3, 0.4) is 0 Å². The summed E-state index contributed by atoms with van der Waals surface area (Å²) in [4.78, 5) is 15.6. The van der Waals surface area contributed by atoms with Gasteiger partial charge in [0.15, 0.2) is 0 Å². The van der Waals surface area contributed by atoms with Crippen LogP contribution in [-0.2, 0) is 21.4 Å². The van der Waals surface area contributed by atoms with Gasteiger partial charge >= 0.3 is 0 Å². The molecule has 2 saturated heterocycles. The van der Waals surface area contributed by atoms with E-state index in [2.05, 4.69) is 16.3 Å². The van der Waals surface area contributed by atoms with Crippen molar-refractivity contribution < 1.29 is 17.6 Å². The Hall–Kier alpha value is -1.94. The van der Waals surface area contributed by atoms with Crippen LogP contribution in [0, 0.1) is 18.7 Å². The molecule has 4 rings (SSSR count). The van der Waals surface area contributed by atoms with Gasteiger partial charge in [-0.25, -0.2) is 12.8 Å². The highest BCUT2D eigenvalue weighted by Gasteiger charge is 2.33. The number of nitrogens with zero attached hydrogens (tertiary/aromatic N) is 2. The number of carbonyl (C=O) groups is 1. The molecule has 0 radical (unpaired) electrons. The maximum atomic E-state index is 13.2. The SMILES string of the molecule is Cc1c(CN2CCSCC2)cccc1NC(=O)C1CCCN(S(=O)(=O)c2ccc(F)cc2)C1. The molecule has 2 heterocycles. The predicted molar refractivity (Wildman–Crippen MR) is 130 cm³/mol. The molecule has 2 fully saturated rings. The molecule has 0 aliphatic carbocycles. The zero-order chi connectivity index (χ0) is 23.4. The number of hydrogen-bond acceptors (Lipinski definition) is 5. The summed E-state index contributed by atoms with van der Waals surface area (Å²) in [5.41, 5.74) is 3.03. The standard InChI is InChI=1S/C24H30FN3O3S2/c1-18-19(16-27-12-14-32-15-13-27)4-2-6-23(18)26-24(29)20-5-3-11-28(17-20)33(30,31)22-9-7-21(25)8-10-22/h2,4,6-10,20H,3,5,11-17H2,1H3,(H,26,29). The van der Waals surface area contributed by atoms with Crippen molar-refractivity contribution in [2.45, 2.75) is 31.2 Å². The van der Waals surface area contributed by atoms with Gasteiger partial charge in [-0.1, -0.05) is 12.1 Å². The summed E-state index contributed by atoms with van der Waals surface area (Å²) in [5, 5.41) is 3.04. The number of halogens is 1. The third kappa shape index (κ3) is 5.77. The van der Waals surface area contributed by atoms with Gasteiger partial charge in [0.1, 0.15) is 5.82 Å². The van der Waals surface area contributed by atoms with Gasteiger partial charge in [0, 0.05) is 49.9 Å². The van der Waals surface area contributed by atoms with Gasteiger partial charge in [-0.15, -0.1) is 0 Å². The third-order valence-electron chi connectivity index (χ3n) is 6.41. The molecule has 0 aromatic heterocycles. The zero-order valence-corrected chi connectivity index (χ0v) is 20.4. The number of piperidine rings is 1. The Bertz CT molecular complexity index is 1090. The van der Waals surface area contributed by atoms with E-state index < -0.39 is 21.8 Å². The lowest BCUT2D eigenvalue weighted by atomic mass is 9.98. The molecule has 0 saturated carbocycles. The number of anilines is 1. The average Bonchev–Trinajstić information content (AvgIpc) is 2.82. The second-order valence-electron chi connectivity index (χ2n) is 8.62. The number of benzene rings is 2. The highest BCUT2D eigenvalue weighted by molar-refractivity contribution is 7.99. The van der Waals surface area contributed by atoms with E-state index in [0.717, 1.165) is 54.5 Å². The summed E-state index contributed by atoms with van der Waals surface area (Å²) in [5.74, 6) is 1.21. The quantitative estimate of drug-likeness (QED) is 0.667. The number of hydrogen-bond donors (Lipinski definition) is 1. The van der Waals surface area contributed by atoms with E-state index in [1.165, 1.54) is 22.0 Å². The molecule has 33 heavy (non-hydrogen) atoms. The predicted octanol–water partition coefficient (Wildman–Crippen LogP) is 3.72. The zero-order valence-electron chi connectivity index (χ0n) is 18.8. The topological polar surface area (TPSA) is 69.7 Å². The highest BCUT2D eigenvalue weighted by Crippen LogP contribution is 2.27. The van der Waals surface area contributed by atoms with Crippen molar-refractivity contribution in [1.82, 2.24) is 9.21 Å². The molecular formula is C24H30FN3O3S2. The first kappa shape index (κ1) is 24.2. The Morgan fingerprint density at radius 2 is 1.85 bits per heavy atom. The third-order valence-corrected chi connectivity index (χ3v) is 9.23. The summed E-state index contributed by atoms with van der Waals surface area (Å²) in [6.45, 7) is 5.50. The van der Waals surface area contributed by atoms with E-state index in [0.29, 0.717) is 19.4 Å². The number of sulfonamides is 1. The molecule has 1 unspecified atom stereocenters. The van der Waals surface area contributed by atoms with Crippen LogP contribution >= 0.6 is 11.8 Å². The van der Waals surface area contributed by atoms with Crippen LogP contribution in [0.15, 0.2) is 47.4 Å². The maximum Gasteiger partial charge on any atom is 0.243 e. The molecule has 0 spiro atoms. The molecule has 9 heteroatoms. The summed E-state index contributed by atoms with van der Waals surface area (Å²) in [6.07, 6.45) is 1.23. The van der Waals surface area contributed by atoms with Crippen LogP contribution in [0.25, 0.3) is 0 Å². The van der Waals surface area contributed by atoms with Gasteiger partial charge in [0.2, 0.25) is 15.9 Å². The normalized spacial score (nSPS) is 20.5. The summed E-state index contributed by atoms with van der Waals surface area (Å²) in [6, 6.07) is 10.8. The molecule has 2 aromatic rings. The minimum absolute atomic E-state index is 0.0459. The van der Waals surface area contributed by atoms with Crippen molar-refractivity contribution in [3.63, 3.8) is 0 Å². The van der Waals surface area contributed by atoms with Crippen molar-refractivity contribution in [2.75, 3.05) is 43.0 Å². The van der Waals surface area contributed by atoms with Crippen LogP contribution in [0.1, 0.15) is 24.0 Å². The van der Waals surface area contributed by atoms with E-state index >= 15 is 0 Å². The largest absolute Gasteiger partial charge is 0.326 e. The van der Waals surface area contributed by atoms with Gasteiger partial charge in [-0.05, 0) is 61.2 Å². The summed E-state index contributed by atoms with van der Waals surface area (Å²) < 4.78 is 40.5. The van der Waals surface area contributed by atoms with Crippen molar-refractivity contribution in [3.8, 4) is 0 Å². The Morgan fingerprint density at radius 3 is 2.58 bits per heavy atom. The first-order valence-corrected chi connectivity index (χ1v) is 13.9. The fourth-order valence-electron chi connectivity index (χ4n) is 4.36. The van der Waals surface area contributed by atoms with Gasteiger partial charge in [0.05, 0.1) is 10.8 Å². The molecule has 2 aliphatic heterocycles. The molecule has 2 aliphatic rings. The van der Waals surface area contributed by atoms with E-state index in [-0.39, 0.29) is 17.3 Å². The summed E-state index contributed by atoms with van der Waals surface area (Å²) in [7, 11) is -3.77. The van der Waals surface area contributed by atoms with E-state index in [1.54, 1.807) is 0 Å². The van der Waals surface area contributed by atoms with Crippen LogP contribution in [0.5, 0.6) is 0 Å². The average molecular weight is 492 g/mol. The number of carbonyl (C=O) groups excluding carboxylic acids is 1. The fraction of sp³-hybridized carbons (Fsp3) is 0.458. The maximum absolute atomic E-state index is 13.2. The Balaban J connectivity index is 1.43. The molecule has 178 valence electrons. The molecular weight excluding hydrogens is 461 g/mol. The lowest BCUT2D eigenvalue weighted by molar-refractivity contribution is -0.120. The van der Waals surface area contributed by atoms with Crippen molar-refractivity contribution in [2.24, 2.45) is 5.92 Å². The van der Waals surface area contributed by atoms with Crippen molar-refractivity contribution in [1.29, 1.82) is 0 Å². The van der Waals surface area contributed by atoms with Crippen LogP contribution in [-0.4, -0.2) is 61.2 Å². The minimum Gasteiger partial charge on any atom is -0.326 e.